The van der Waals surface area contributed by atoms with Gasteiger partial charge in [-0.1, -0.05) is 0 Å². The number of carbonyl (C=O) groups is 2. The maximum absolute atomic E-state index is 12.5. The fourth-order valence-corrected chi connectivity index (χ4v) is 2.87. The van der Waals surface area contributed by atoms with Crippen LogP contribution in [0.15, 0.2) is 18.3 Å². The lowest BCUT2D eigenvalue weighted by molar-refractivity contribution is -0.388. The number of nitrogens with one attached hydrogen (secondary N) is 1. The highest BCUT2D eigenvalue weighted by Gasteiger charge is 2.45. The predicted octanol–water partition coefficient (Wildman–Crippen LogP) is 2.34. The van der Waals surface area contributed by atoms with Crippen LogP contribution in [0.4, 0.5) is 16.3 Å². The summed E-state index contributed by atoms with van der Waals surface area (Å²) in [5, 5.41) is 14.1. The van der Waals surface area contributed by atoms with Crippen LogP contribution in [0.25, 0.3) is 0 Å². The number of nitrogens with zero attached hydrogens (tertiary/aromatic N) is 3. The minimum absolute atomic E-state index is 0.124. The van der Waals surface area contributed by atoms with E-state index in [0.717, 1.165) is 0 Å². The number of methoxy groups -OCH3 is 1. The SMILES string of the molecule is COC(=O)C1(Nc2cccnc2[N+](=O)[O-])CCN(C(=O)OC(C)(C)C)CC1. The number of piperidine rings is 1. The third kappa shape index (κ3) is 4.83. The lowest BCUT2D eigenvalue weighted by atomic mass is 9.87. The Morgan fingerprint density at radius 3 is 2.48 bits per heavy atom. The number of hydrogen-bond donors (Lipinski definition) is 1. The average molecular weight is 380 g/mol. The molecule has 0 bridgehead atoms. The number of amides is 1. The van der Waals surface area contributed by atoms with Gasteiger partial charge in [0.25, 0.3) is 0 Å². The molecule has 1 N–H and O–H groups in total. The van der Waals surface area contributed by atoms with E-state index >= 15 is 0 Å². The Hall–Kier alpha value is -2.91. The third-order valence-corrected chi connectivity index (χ3v) is 4.18. The van der Waals surface area contributed by atoms with Crippen molar-refractivity contribution in [2.45, 2.75) is 44.8 Å². The number of nitro groups is 1. The highest BCUT2D eigenvalue weighted by molar-refractivity contribution is 5.86. The van der Waals surface area contributed by atoms with E-state index < -0.39 is 28.1 Å². The van der Waals surface area contributed by atoms with E-state index in [4.69, 9.17) is 9.47 Å². The van der Waals surface area contributed by atoms with Gasteiger partial charge in [0.05, 0.1) is 7.11 Å². The van der Waals surface area contributed by atoms with Crippen molar-refractivity contribution in [3.8, 4) is 0 Å². The van der Waals surface area contributed by atoms with Gasteiger partial charge in [0.1, 0.15) is 23.0 Å². The molecule has 1 fully saturated rings. The van der Waals surface area contributed by atoms with E-state index in [1.54, 1.807) is 20.8 Å². The van der Waals surface area contributed by atoms with E-state index in [2.05, 4.69) is 10.3 Å². The average Bonchev–Trinajstić information content (AvgIpc) is 2.60. The van der Waals surface area contributed by atoms with Gasteiger partial charge in [-0.25, -0.2) is 9.59 Å². The van der Waals surface area contributed by atoms with Crippen LogP contribution in [0.3, 0.4) is 0 Å². The Morgan fingerprint density at radius 1 is 1.33 bits per heavy atom. The molecule has 1 aliphatic rings. The van der Waals surface area contributed by atoms with Gasteiger partial charge in [0.2, 0.25) is 0 Å². The molecule has 1 aromatic heterocycles. The van der Waals surface area contributed by atoms with Crippen LogP contribution in [0, 0.1) is 10.1 Å². The number of carbonyl (C=O) groups excluding carboxylic acids is 2. The van der Waals surface area contributed by atoms with Crippen LogP contribution in [-0.2, 0) is 14.3 Å². The summed E-state index contributed by atoms with van der Waals surface area (Å²) in [6.07, 6.45) is 1.27. The molecule has 0 unspecified atom stereocenters. The van der Waals surface area contributed by atoms with E-state index in [-0.39, 0.29) is 37.4 Å². The molecule has 0 aliphatic carbocycles. The molecule has 27 heavy (non-hydrogen) atoms. The quantitative estimate of drug-likeness (QED) is 0.479. The Balaban J connectivity index is 2.20. The molecule has 10 heteroatoms. The van der Waals surface area contributed by atoms with Crippen LogP contribution < -0.4 is 5.32 Å². The molecule has 10 nitrogen and oxygen atoms in total. The number of hydrogen-bond acceptors (Lipinski definition) is 8. The maximum Gasteiger partial charge on any atom is 0.410 e. The number of likely N-dealkylation sites (tertiary alicyclic amines) is 1. The molecule has 1 aliphatic heterocycles. The van der Waals surface area contributed by atoms with Crippen molar-refractivity contribution in [2.24, 2.45) is 0 Å². The smallest absolute Gasteiger partial charge is 0.410 e. The molecule has 148 valence electrons. The zero-order chi connectivity index (χ0) is 20.2. The topological polar surface area (TPSA) is 124 Å². The highest BCUT2D eigenvalue weighted by Crippen LogP contribution is 2.32. The Morgan fingerprint density at radius 2 is 1.96 bits per heavy atom. The monoisotopic (exact) mass is 380 g/mol. The van der Waals surface area contributed by atoms with Crippen molar-refractivity contribution in [2.75, 3.05) is 25.5 Å². The van der Waals surface area contributed by atoms with Crippen LogP contribution >= 0.6 is 0 Å². The molecule has 2 heterocycles. The maximum atomic E-state index is 12.5. The second-order valence-electron chi connectivity index (χ2n) is 7.30. The zero-order valence-corrected chi connectivity index (χ0v) is 15.9. The summed E-state index contributed by atoms with van der Waals surface area (Å²) in [5.41, 5.74) is -1.69. The second kappa shape index (κ2) is 7.77. The molecule has 2 rings (SSSR count). The molecule has 0 radical (unpaired) electrons. The number of aromatic nitrogens is 1. The molecular formula is C17H24N4O6. The third-order valence-electron chi connectivity index (χ3n) is 4.18. The second-order valence-corrected chi connectivity index (χ2v) is 7.30. The molecule has 1 aromatic rings. The molecule has 1 saturated heterocycles. The molecule has 0 aromatic carbocycles. The van der Waals surface area contributed by atoms with Crippen molar-refractivity contribution in [3.05, 3.63) is 28.4 Å². The summed E-state index contributed by atoms with van der Waals surface area (Å²) in [6, 6.07) is 3.02. The number of rotatable bonds is 4. The van der Waals surface area contributed by atoms with Crippen molar-refractivity contribution in [1.82, 2.24) is 9.88 Å². The van der Waals surface area contributed by atoms with Crippen molar-refractivity contribution < 1.29 is 24.0 Å². The fourth-order valence-electron chi connectivity index (χ4n) is 2.87. The summed E-state index contributed by atoms with van der Waals surface area (Å²) in [4.78, 5) is 40.5. The Labute approximate surface area is 157 Å². The minimum Gasteiger partial charge on any atom is -0.467 e. The Bertz CT molecular complexity index is 722. The summed E-state index contributed by atoms with van der Waals surface area (Å²) in [6.45, 7) is 5.81. The number of anilines is 1. The van der Waals surface area contributed by atoms with Gasteiger partial charge in [0, 0.05) is 13.1 Å². The lowest BCUT2D eigenvalue weighted by Gasteiger charge is -2.40. The van der Waals surface area contributed by atoms with Gasteiger partial charge in [-0.3, -0.25) is 0 Å². The molecular weight excluding hydrogens is 356 g/mol. The van der Waals surface area contributed by atoms with Crippen molar-refractivity contribution >= 4 is 23.6 Å². The number of ether oxygens (including phenoxy) is 2. The first-order valence-corrected chi connectivity index (χ1v) is 8.52. The van der Waals surface area contributed by atoms with Crippen LogP contribution in [0.2, 0.25) is 0 Å². The summed E-state index contributed by atoms with van der Waals surface area (Å²) >= 11 is 0. The van der Waals surface area contributed by atoms with Gasteiger partial charge >= 0.3 is 17.9 Å². The minimum atomic E-state index is -1.19. The lowest BCUT2D eigenvalue weighted by Crippen LogP contribution is -2.56. The molecule has 1 amide bonds. The summed E-state index contributed by atoms with van der Waals surface area (Å²) in [5.74, 6) is -0.931. The van der Waals surface area contributed by atoms with Crippen molar-refractivity contribution in [3.63, 3.8) is 0 Å². The van der Waals surface area contributed by atoms with E-state index in [0.29, 0.717) is 0 Å². The number of pyridine rings is 1. The van der Waals surface area contributed by atoms with Crippen molar-refractivity contribution in [1.29, 1.82) is 0 Å². The largest absolute Gasteiger partial charge is 0.467 e. The van der Waals surface area contributed by atoms with E-state index in [9.17, 15) is 19.7 Å². The first kappa shape index (κ1) is 20.4. The number of esters is 1. The van der Waals surface area contributed by atoms with Crippen LogP contribution in [-0.4, -0.2) is 58.2 Å². The van der Waals surface area contributed by atoms with Gasteiger partial charge in [0.15, 0.2) is 0 Å². The van der Waals surface area contributed by atoms with Gasteiger partial charge in [-0.05, 0) is 55.7 Å². The van der Waals surface area contributed by atoms with Gasteiger partial charge < -0.3 is 29.8 Å². The first-order valence-electron chi connectivity index (χ1n) is 8.52. The Kier molecular flexibility index (Phi) is 5.87. The van der Waals surface area contributed by atoms with Gasteiger partial charge in [-0.15, -0.1) is 0 Å². The van der Waals surface area contributed by atoms with E-state index in [1.807, 2.05) is 0 Å². The predicted molar refractivity (Wildman–Crippen MR) is 96.3 cm³/mol. The first-order chi connectivity index (χ1) is 12.6. The molecule has 0 spiro atoms. The zero-order valence-electron chi connectivity index (χ0n) is 15.9. The highest BCUT2D eigenvalue weighted by atomic mass is 16.6. The normalized spacial score (nSPS) is 16.4. The van der Waals surface area contributed by atoms with Crippen LogP contribution in [0.1, 0.15) is 33.6 Å². The summed E-state index contributed by atoms with van der Waals surface area (Å²) < 4.78 is 10.3. The standard InChI is InChI=1S/C17H24N4O6/c1-16(2,3)27-15(23)20-10-7-17(8-11-20,14(22)26-4)19-12-6-5-9-18-13(12)21(24)25/h5-6,9,19H,7-8,10-11H2,1-4H3. The fraction of sp³-hybridized carbons (Fsp3) is 0.588. The molecule has 0 saturated carbocycles. The summed E-state index contributed by atoms with van der Waals surface area (Å²) in [7, 11) is 1.25. The van der Waals surface area contributed by atoms with E-state index in [1.165, 1.54) is 30.3 Å². The molecule has 0 atom stereocenters. The van der Waals surface area contributed by atoms with Crippen LogP contribution in [0.5, 0.6) is 0 Å². The van der Waals surface area contributed by atoms with Gasteiger partial charge in [-0.2, -0.15) is 0 Å².